The predicted molar refractivity (Wildman–Crippen MR) is 76.7 cm³/mol. The third kappa shape index (κ3) is 2.09. The molecule has 0 bridgehead atoms. The largest absolute Gasteiger partial charge is 0.467 e. The van der Waals surface area contributed by atoms with Gasteiger partial charge in [-0.15, -0.1) is 0 Å². The molecule has 0 amide bonds. The van der Waals surface area contributed by atoms with Gasteiger partial charge in [-0.25, -0.2) is 14.8 Å². The Balaban J connectivity index is 2.04. The van der Waals surface area contributed by atoms with Crippen LogP contribution in [0.15, 0.2) is 24.3 Å². The highest BCUT2D eigenvalue weighted by molar-refractivity contribution is 5.82. The van der Waals surface area contributed by atoms with Crippen LogP contribution in [0, 0.1) is 6.92 Å². The summed E-state index contributed by atoms with van der Waals surface area (Å²) in [6, 6.07) is 7.53. The Hall–Kier alpha value is -2.17. The number of methoxy groups -OCH3 is 1. The van der Waals surface area contributed by atoms with E-state index in [0.29, 0.717) is 0 Å². The highest BCUT2D eigenvalue weighted by atomic mass is 16.5. The van der Waals surface area contributed by atoms with E-state index in [4.69, 9.17) is 4.74 Å². The summed E-state index contributed by atoms with van der Waals surface area (Å²) in [5.74, 6) is 0.591. The van der Waals surface area contributed by atoms with Crippen LogP contribution in [0.5, 0.6) is 0 Å². The van der Waals surface area contributed by atoms with Gasteiger partial charge in [-0.1, -0.05) is 12.1 Å². The quantitative estimate of drug-likeness (QED) is 0.783. The number of anilines is 1. The zero-order valence-electron chi connectivity index (χ0n) is 11.7. The molecule has 20 heavy (non-hydrogen) atoms. The first-order valence-corrected chi connectivity index (χ1v) is 6.78. The molecule has 1 saturated heterocycles. The van der Waals surface area contributed by atoms with Crippen LogP contribution < -0.4 is 4.90 Å². The molecule has 0 spiro atoms. The monoisotopic (exact) mass is 271 g/mol. The van der Waals surface area contributed by atoms with Gasteiger partial charge in [0.25, 0.3) is 0 Å². The van der Waals surface area contributed by atoms with Gasteiger partial charge in [-0.05, 0) is 31.9 Å². The number of nitrogens with zero attached hydrogens (tertiary/aromatic N) is 3. The Bertz CT molecular complexity index is 657. The number of aromatic nitrogens is 2. The Morgan fingerprint density at radius 3 is 2.70 bits per heavy atom. The SMILES string of the molecule is COC(=O)C1CCCN1c1nc2ccccc2nc1C. The second-order valence-electron chi connectivity index (χ2n) is 5.00. The van der Waals surface area contributed by atoms with Crippen LogP contribution in [0.1, 0.15) is 18.5 Å². The molecule has 104 valence electrons. The van der Waals surface area contributed by atoms with Crippen molar-refractivity contribution in [1.82, 2.24) is 9.97 Å². The van der Waals surface area contributed by atoms with Crippen molar-refractivity contribution in [2.45, 2.75) is 25.8 Å². The zero-order valence-corrected chi connectivity index (χ0v) is 11.7. The highest BCUT2D eigenvalue weighted by Crippen LogP contribution is 2.28. The minimum Gasteiger partial charge on any atom is -0.467 e. The normalized spacial score (nSPS) is 18.5. The fourth-order valence-corrected chi connectivity index (χ4v) is 2.75. The Kier molecular flexibility index (Phi) is 3.26. The van der Waals surface area contributed by atoms with E-state index >= 15 is 0 Å². The number of rotatable bonds is 2. The number of benzene rings is 1. The Labute approximate surface area is 117 Å². The topological polar surface area (TPSA) is 55.3 Å². The number of carbonyl (C=O) groups is 1. The molecular weight excluding hydrogens is 254 g/mol. The van der Waals surface area contributed by atoms with Gasteiger partial charge in [0.2, 0.25) is 0 Å². The van der Waals surface area contributed by atoms with E-state index in [1.165, 1.54) is 7.11 Å². The van der Waals surface area contributed by atoms with Crippen LogP contribution in [0.25, 0.3) is 11.0 Å². The number of aryl methyl sites for hydroxylation is 1. The van der Waals surface area contributed by atoms with Crippen LogP contribution >= 0.6 is 0 Å². The van der Waals surface area contributed by atoms with E-state index in [2.05, 4.69) is 9.97 Å². The average Bonchev–Trinajstić information content (AvgIpc) is 2.95. The maximum absolute atomic E-state index is 11.9. The van der Waals surface area contributed by atoms with Crippen LogP contribution in [0.2, 0.25) is 0 Å². The molecule has 5 nitrogen and oxygen atoms in total. The van der Waals surface area contributed by atoms with Gasteiger partial charge in [0.1, 0.15) is 6.04 Å². The lowest BCUT2D eigenvalue weighted by Gasteiger charge is -2.24. The number of hydrogen-bond acceptors (Lipinski definition) is 5. The maximum atomic E-state index is 11.9. The van der Waals surface area contributed by atoms with Gasteiger partial charge >= 0.3 is 5.97 Å². The fraction of sp³-hybridized carbons (Fsp3) is 0.400. The molecule has 1 aromatic heterocycles. The molecule has 1 fully saturated rings. The summed E-state index contributed by atoms with van der Waals surface area (Å²) in [5, 5.41) is 0. The lowest BCUT2D eigenvalue weighted by atomic mass is 10.2. The molecule has 2 heterocycles. The molecule has 1 aliphatic rings. The molecule has 1 unspecified atom stereocenters. The van der Waals surface area contributed by atoms with Gasteiger partial charge in [0.15, 0.2) is 5.82 Å². The second kappa shape index (κ2) is 5.07. The van der Waals surface area contributed by atoms with Crippen molar-refractivity contribution in [2.75, 3.05) is 18.6 Å². The lowest BCUT2D eigenvalue weighted by molar-refractivity contribution is -0.141. The van der Waals surface area contributed by atoms with Gasteiger partial charge in [0, 0.05) is 6.54 Å². The average molecular weight is 271 g/mol. The minimum absolute atomic E-state index is 0.197. The van der Waals surface area contributed by atoms with Crippen molar-refractivity contribution in [3.63, 3.8) is 0 Å². The first kappa shape index (κ1) is 12.8. The molecule has 0 N–H and O–H groups in total. The molecule has 3 rings (SSSR count). The summed E-state index contributed by atoms with van der Waals surface area (Å²) in [6.45, 7) is 2.75. The van der Waals surface area contributed by atoms with Crippen LogP contribution in [0.4, 0.5) is 5.82 Å². The molecule has 1 atom stereocenters. The Morgan fingerprint density at radius 2 is 2.00 bits per heavy atom. The van der Waals surface area contributed by atoms with E-state index in [1.807, 2.05) is 36.1 Å². The zero-order chi connectivity index (χ0) is 14.1. The summed E-state index contributed by atoms with van der Waals surface area (Å²) in [4.78, 5) is 23.1. The third-order valence-corrected chi connectivity index (χ3v) is 3.72. The fourth-order valence-electron chi connectivity index (χ4n) is 2.75. The van der Waals surface area contributed by atoms with Crippen LogP contribution in [-0.2, 0) is 9.53 Å². The van der Waals surface area contributed by atoms with Crippen molar-refractivity contribution in [3.8, 4) is 0 Å². The lowest BCUT2D eigenvalue weighted by Crippen LogP contribution is -2.38. The standard InChI is InChI=1S/C15H17N3O2/c1-10-14(17-12-7-4-3-6-11(12)16-10)18-9-5-8-13(18)15(19)20-2/h3-4,6-7,13H,5,8-9H2,1-2H3. The first-order chi connectivity index (χ1) is 9.70. The predicted octanol–water partition coefficient (Wildman–Crippen LogP) is 2.08. The Morgan fingerprint density at radius 1 is 1.30 bits per heavy atom. The minimum atomic E-state index is -0.242. The molecule has 5 heteroatoms. The maximum Gasteiger partial charge on any atom is 0.328 e. The van der Waals surface area contributed by atoms with Crippen LogP contribution in [-0.4, -0.2) is 35.6 Å². The van der Waals surface area contributed by atoms with Gasteiger partial charge in [-0.3, -0.25) is 0 Å². The first-order valence-electron chi connectivity index (χ1n) is 6.78. The summed E-state index contributed by atoms with van der Waals surface area (Å²) in [7, 11) is 1.43. The van der Waals surface area contributed by atoms with Crippen molar-refractivity contribution >= 4 is 22.8 Å². The van der Waals surface area contributed by atoms with Gasteiger partial charge < -0.3 is 9.64 Å². The number of ether oxygens (including phenoxy) is 1. The van der Waals surface area contributed by atoms with Crippen molar-refractivity contribution in [1.29, 1.82) is 0 Å². The molecule has 1 aromatic carbocycles. The van der Waals surface area contributed by atoms with Gasteiger partial charge in [-0.2, -0.15) is 0 Å². The summed E-state index contributed by atoms with van der Waals surface area (Å²) >= 11 is 0. The van der Waals surface area contributed by atoms with E-state index in [1.54, 1.807) is 0 Å². The van der Waals surface area contributed by atoms with Crippen LogP contribution in [0.3, 0.4) is 0 Å². The third-order valence-electron chi connectivity index (χ3n) is 3.72. The molecule has 0 aliphatic carbocycles. The smallest absolute Gasteiger partial charge is 0.328 e. The summed E-state index contributed by atoms with van der Waals surface area (Å²) in [6.07, 6.45) is 1.77. The van der Waals surface area contributed by atoms with Gasteiger partial charge in [0.05, 0.1) is 23.8 Å². The van der Waals surface area contributed by atoms with Crippen molar-refractivity contribution in [3.05, 3.63) is 30.0 Å². The number of esters is 1. The van der Waals surface area contributed by atoms with Crippen molar-refractivity contribution in [2.24, 2.45) is 0 Å². The number of fused-ring (bicyclic) bond motifs is 1. The molecule has 2 aromatic rings. The van der Waals surface area contributed by atoms with Crippen molar-refractivity contribution < 1.29 is 9.53 Å². The van der Waals surface area contributed by atoms with E-state index in [-0.39, 0.29) is 12.0 Å². The summed E-state index contributed by atoms with van der Waals surface area (Å²) < 4.78 is 4.88. The highest BCUT2D eigenvalue weighted by Gasteiger charge is 2.33. The number of hydrogen-bond donors (Lipinski definition) is 0. The van der Waals surface area contributed by atoms with E-state index < -0.39 is 0 Å². The number of carbonyl (C=O) groups excluding carboxylic acids is 1. The molecular formula is C15H17N3O2. The second-order valence-corrected chi connectivity index (χ2v) is 5.00. The summed E-state index contributed by atoms with van der Waals surface area (Å²) in [5.41, 5.74) is 2.57. The van der Waals surface area contributed by atoms with E-state index in [0.717, 1.165) is 41.9 Å². The molecule has 0 radical (unpaired) electrons. The molecule has 0 saturated carbocycles. The molecule has 1 aliphatic heterocycles. The van der Waals surface area contributed by atoms with E-state index in [9.17, 15) is 4.79 Å². The number of para-hydroxylation sites is 2.